The first-order chi connectivity index (χ1) is 8.02. The van der Waals surface area contributed by atoms with E-state index < -0.39 is 0 Å². The first-order valence-corrected chi connectivity index (χ1v) is 5.39. The van der Waals surface area contributed by atoms with Gasteiger partial charge >= 0.3 is 5.97 Å². The minimum atomic E-state index is -0.390. The summed E-state index contributed by atoms with van der Waals surface area (Å²) in [5, 5.41) is 10.0. The fraction of sp³-hybridized carbons (Fsp3) is 0.600. The summed E-state index contributed by atoms with van der Waals surface area (Å²) >= 11 is 0. The SMILES string of the molecule is CCOC(=O)Cn1cc(NC(=O)C(C)C)nn1. The maximum atomic E-state index is 11.4. The molecule has 0 saturated heterocycles. The lowest BCUT2D eigenvalue weighted by Gasteiger charge is -2.03. The minimum absolute atomic E-state index is 0.0155. The van der Waals surface area contributed by atoms with Crippen LogP contribution in [0.1, 0.15) is 20.8 Å². The van der Waals surface area contributed by atoms with Gasteiger partial charge in [0.25, 0.3) is 0 Å². The van der Waals surface area contributed by atoms with Crippen LogP contribution in [0.3, 0.4) is 0 Å². The average molecular weight is 240 g/mol. The molecular weight excluding hydrogens is 224 g/mol. The molecule has 1 rings (SSSR count). The van der Waals surface area contributed by atoms with E-state index in [2.05, 4.69) is 15.6 Å². The van der Waals surface area contributed by atoms with Gasteiger partial charge in [-0.3, -0.25) is 9.59 Å². The number of ether oxygens (including phenoxy) is 1. The standard InChI is InChI=1S/C10H16N4O3/c1-4-17-9(15)6-14-5-8(12-13-14)11-10(16)7(2)3/h5,7H,4,6H2,1-3H3,(H,11,16). The molecule has 1 heterocycles. The molecule has 0 aliphatic rings. The fourth-order valence-corrected chi connectivity index (χ4v) is 1.04. The van der Waals surface area contributed by atoms with Gasteiger partial charge in [0.2, 0.25) is 5.91 Å². The van der Waals surface area contributed by atoms with E-state index in [1.54, 1.807) is 20.8 Å². The summed E-state index contributed by atoms with van der Waals surface area (Å²) in [4.78, 5) is 22.5. The number of amides is 1. The normalized spacial score (nSPS) is 10.4. The van der Waals surface area contributed by atoms with E-state index in [0.29, 0.717) is 12.4 Å². The zero-order chi connectivity index (χ0) is 12.8. The third-order valence-corrected chi connectivity index (χ3v) is 1.91. The monoisotopic (exact) mass is 240 g/mol. The van der Waals surface area contributed by atoms with E-state index in [1.807, 2.05) is 0 Å². The highest BCUT2D eigenvalue weighted by Crippen LogP contribution is 2.03. The second kappa shape index (κ2) is 5.97. The molecule has 0 bridgehead atoms. The Morgan fingerprint density at radius 1 is 1.53 bits per heavy atom. The van der Waals surface area contributed by atoms with Gasteiger partial charge < -0.3 is 10.1 Å². The predicted octanol–water partition coefficient (Wildman–Crippen LogP) is 0.436. The molecule has 0 fully saturated rings. The zero-order valence-corrected chi connectivity index (χ0v) is 10.1. The fourth-order valence-electron chi connectivity index (χ4n) is 1.04. The van der Waals surface area contributed by atoms with Crippen LogP contribution in [0.25, 0.3) is 0 Å². The number of nitrogens with zero attached hydrogens (tertiary/aromatic N) is 3. The molecule has 0 aliphatic carbocycles. The number of carbonyl (C=O) groups is 2. The maximum Gasteiger partial charge on any atom is 0.327 e. The lowest BCUT2D eigenvalue weighted by Crippen LogP contribution is -2.18. The number of aromatic nitrogens is 3. The van der Waals surface area contributed by atoms with Crippen molar-refractivity contribution in [2.24, 2.45) is 5.92 Å². The molecule has 0 aliphatic heterocycles. The molecule has 94 valence electrons. The highest BCUT2D eigenvalue weighted by molar-refractivity contribution is 5.90. The Kier molecular flexibility index (Phi) is 4.62. The Morgan fingerprint density at radius 3 is 2.82 bits per heavy atom. The molecule has 0 spiro atoms. The van der Waals surface area contributed by atoms with Crippen LogP contribution < -0.4 is 5.32 Å². The molecule has 1 N–H and O–H groups in total. The molecule has 7 nitrogen and oxygen atoms in total. The van der Waals surface area contributed by atoms with Gasteiger partial charge in [-0.1, -0.05) is 19.1 Å². The summed E-state index contributed by atoms with van der Waals surface area (Å²) in [6, 6.07) is 0. The number of hydrogen-bond acceptors (Lipinski definition) is 5. The number of esters is 1. The van der Waals surface area contributed by atoms with Crippen LogP contribution in [0.2, 0.25) is 0 Å². The van der Waals surface area contributed by atoms with E-state index in [9.17, 15) is 9.59 Å². The van der Waals surface area contributed by atoms with Crippen LogP contribution >= 0.6 is 0 Å². The maximum absolute atomic E-state index is 11.4. The first kappa shape index (κ1) is 13.1. The number of hydrogen-bond donors (Lipinski definition) is 1. The summed E-state index contributed by atoms with van der Waals surface area (Å²) in [5.74, 6) is -0.342. The van der Waals surface area contributed by atoms with Crippen molar-refractivity contribution >= 4 is 17.7 Å². The number of nitrogens with one attached hydrogen (secondary N) is 1. The molecule has 1 amide bonds. The van der Waals surface area contributed by atoms with Crippen molar-refractivity contribution in [3.8, 4) is 0 Å². The van der Waals surface area contributed by atoms with Crippen molar-refractivity contribution in [2.75, 3.05) is 11.9 Å². The van der Waals surface area contributed by atoms with E-state index in [1.165, 1.54) is 10.9 Å². The topological polar surface area (TPSA) is 86.1 Å². The lowest BCUT2D eigenvalue weighted by molar-refractivity contribution is -0.144. The van der Waals surface area contributed by atoms with E-state index in [-0.39, 0.29) is 24.3 Å². The number of anilines is 1. The molecule has 1 aromatic heterocycles. The van der Waals surface area contributed by atoms with Gasteiger partial charge in [0.1, 0.15) is 6.54 Å². The van der Waals surface area contributed by atoms with Crippen molar-refractivity contribution in [3.05, 3.63) is 6.20 Å². The molecule has 17 heavy (non-hydrogen) atoms. The van der Waals surface area contributed by atoms with Crippen LogP contribution in [0.5, 0.6) is 0 Å². The third-order valence-electron chi connectivity index (χ3n) is 1.91. The molecule has 7 heteroatoms. The van der Waals surface area contributed by atoms with Gasteiger partial charge in [0, 0.05) is 5.92 Å². The van der Waals surface area contributed by atoms with Crippen molar-refractivity contribution in [2.45, 2.75) is 27.3 Å². The molecular formula is C10H16N4O3. The summed E-state index contributed by atoms with van der Waals surface area (Å²) < 4.78 is 6.07. The minimum Gasteiger partial charge on any atom is -0.465 e. The molecule has 0 unspecified atom stereocenters. The Balaban J connectivity index is 2.53. The van der Waals surface area contributed by atoms with Crippen molar-refractivity contribution in [1.29, 1.82) is 0 Å². The van der Waals surface area contributed by atoms with Gasteiger partial charge in [0.05, 0.1) is 12.8 Å². The van der Waals surface area contributed by atoms with E-state index in [4.69, 9.17) is 4.74 Å². The number of rotatable bonds is 5. The Hall–Kier alpha value is -1.92. The second-order valence-electron chi connectivity index (χ2n) is 3.75. The highest BCUT2D eigenvalue weighted by Gasteiger charge is 2.11. The Bertz CT molecular complexity index is 400. The second-order valence-corrected chi connectivity index (χ2v) is 3.75. The molecule has 0 radical (unpaired) electrons. The van der Waals surface area contributed by atoms with Gasteiger partial charge in [-0.05, 0) is 6.92 Å². The Morgan fingerprint density at radius 2 is 2.24 bits per heavy atom. The third kappa shape index (κ3) is 4.21. The van der Waals surface area contributed by atoms with Crippen LogP contribution in [-0.2, 0) is 20.9 Å². The summed E-state index contributed by atoms with van der Waals surface area (Å²) in [6.45, 7) is 5.59. The van der Waals surface area contributed by atoms with E-state index >= 15 is 0 Å². The molecule has 0 aromatic carbocycles. The van der Waals surface area contributed by atoms with E-state index in [0.717, 1.165) is 0 Å². The van der Waals surface area contributed by atoms with Crippen molar-refractivity contribution < 1.29 is 14.3 Å². The predicted molar refractivity (Wildman–Crippen MR) is 60.1 cm³/mol. The summed E-state index contributed by atoms with van der Waals surface area (Å²) in [5.41, 5.74) is 0. The molecule has 0 saturated carbocycles. The first-order valence-electron chi connectivity index (χ1n) is 5.39. The van der Waals surface area contributed by atoms with Crippen molar-refractivity contribution in [1.82, 2.24) is 15.0 Å². The van der Waals surface area contributed by atoms with Crippen molar-refractivity contribution in [3.63, 3.8) is 0 Å². The summed E-state index contributed by atoms with van der Waals surface area (Å²) in [6.07, 6.45) is 1.48. The van der Waals surface area contributed by atoms with Crippen LogP contribution in [0, 0.1) is 5.92 Å². The van der Waals surface area contributed by atoms with Gasteiger partial charge in [-0.25, -0.2) is 4.68 Å². The smallest absolute Gasteiger partial charge is 0.327 e. The highest BCUT2D eigenvalue weighted by atomic mass is 16.5. The lowest BCUT2D eigenvalue weighted by atomic mass is 10.2. The van der Waals surface area contributed by atoms with Gasteiger partial charge in [-0.2, -0.15) is 0 Å². The molecule has 0 atom stereocenters. The average Bonchev–Trinajstić information content (AvgIpc) is 2.65. The quantitative estimate of drug-likeness (QED) is 0.754. The van der Waals surface area contributed by atoms with Gasteiger partial charge in [0.15, 0.2) is 5.82 Å². The largest absolute Gasteiger partial charge is 0.465 e. The Labute approximate surface area is 99.1 Å². The number of carbonyl (C=O) groups excluding carboxylic acids is 2. The summed E-state index contributed by atoms with van der Waals surface area (Å²) in [7, 11) is 0. The molecule has 1 aromatic rings. The van der Waals surface area contributed by atoms with Crippen LogP contribution in [0.4, 0.5) is 5.82 Å². The van der Waals surface area contributed by atoms with Crippen LogP contribution in [0.15, 0.2) is 6.20 Å². The van der Waals surface area contributed by atoms with Crippen LogP contribution in [-0.4, -0.2) is 33.5 Å². The van der Waals surface area contributed by atoms with Gasteiger partial charge in [-0.15, -0.1) is 5.10 Å². The zero-order valence-electron chi connectivity index (χ0n) is 10.1.